The second-order valence-electron chi connectivity index (χ2n) is 2.81. The van der Waals surface area contributed by atoms with E-state index < -0.39 is 37.3 Å². The molecule has 1 fully saturated rings. The zero-order valence-electron chi connectivity index (χ0n) is 6.37. The van der Waals surface area contributed by atoms with Gasteiger partial charge in [0.1, 0.15) is 18.3 Å². The SMILES string of the molecule is N[13C@@H]1[C@@H](O)[C@H](O)[C@@H](CO)O[13CH]1O. The molecule has 1 saturated heterocycles. The lowest BCUT2D eigenvalue weighted by Crippen LogP contribution is -2.61. The standard InChI is InChI=1S/C6H13NO5/c7-3-5(10)4(9)2(1-8)12-6(3)11/h2-6,8-11H,1,7H2/t2-,3-,4-,5-,6?/m1/s1/i3+1,6+1. The maximum absolute atomic E-state index is 9.20. The highest BCUT2D eigenvalue weighted by atomic mass is 16.7. The Morgan fingerprint density at radius 1 is 1.17 bits per heavy atom. The first-order chi connectivity index (χ1) is 5.57. The highest BCUT2D eigenvalue weighted by molar-refractivity contribution is 4.90. The number of hydrogen-bond acceptors (Lipinski definition) is 6. The van der Waals surface area contributed by atoms with E-state index in [-0.39, 0.29) is 0 Å². The third-order valence-corrected chi connectivity index (χ3v) is 1.95. The van der Waals surface area contributed by atoms with E-state index in [1.54, 1.807) is 0 Å². The Morgan fingerprint density at radius 3 is 2.25 bits per heavy atom. The molecule has 6 heteroatoms. The molecule has 0 saturated carbocycles. The minimum Gasteiger partial charge on any atom is -0.394 e. The highest BCUT2D eigenvalue weighted by Crippen LogP contribution is 2.17. The summed E-state index contributed by atoms with van der Waals surface area (Å²) in [7, 11) is 0. The van der Waals surface area contributed by atoms with Crippen LogP contribution in [0.3, 0.4) is 0 Å². The van der Waals surface area contributed by atoms with Crippen molar-refractivity contribution in [1.29, 1.82) is 0 Å². The van der Waals surface area contributed by atoms with Crippen molar-refractivity contribution in [3.05, 3.63) is 0 Å². The fourth-order valence-corrected chi connectivity index (χ4v) is 1.12. The average molecular weight is 181 g/mol. The number of rotatable bonds is 1. The molecule has 0 bridgehead atoms. The van der Waals surface area contributed by atoms with Crippen molar-refractivity contribution in [3.63, 3.8) is 0 Å². The molecule has 0 aromatic rings. The van der Waals surface area contributed by atoms with Crippen LogP contribution in [0, 0.1) is 0 Å². The van der Waals surface area contributed by atoms with Crippen LogP contribution in [-0.2, 0) is 4.74 Å². The van der Waals surface area contributed by atoms with E-state index in [0.717, 1.165) is 0 Å². The minimum absolute atomic E-state index is 0.470. The molecular weight excluding hydrogens is 168 g/mol. The van der Waals surface area contributed by atoms with Gasteiger partial charge in [-0.3, -0.25) is 0 Å². The van der Waals surface area contributed by atoms with Gasteiger partial charge in [-0.2, -0.15) is 0 Å². The maximum atomic E-state index is 9.20. The molecule has 5 atom stereocenters. The van der Waals surface area contributed by atoms with E-state index in [9.17, 15) is 10.2 Å². The lowest BCUT2D eigenvalue weighted by molar-refractivity contribution is -0.248. The van der Waals surface area contributed by atoms with Crippen LogP contribution in [0.1, 0.15) is 0 Å². The highest BCUT2D eigenvalue weighted by Gasteiger charge is 2.41. The fraction of sp³-hybridized carbons (Fsp3) is 1.00. The van der Waals surface area contributed by atoms with Crippen LogP contribution in [0.15, 0.2) is 0 Å². The predicted octanol–water partition coefficient (Wildman–Crippen LogP) is -3.26. The van der Waals surface area contributed by atoms with Gasteiger partial charge in [-0.1, -0.05) is 0 Å². The summed E-state index contributed by atoms with van der Waals surface area (Å²) < 4.78 is 4.70. The van der Waals surface area contributed by atoms with Crippen molar-refractivity contribution in [2.24, 2.45) is 5.73 Å². The number of aliphatic hydroxyl groups excluding tert-OH is 4. The molecule has 12 heavy (non-hydrogen) atoms. The Labute approximate surface area is 69.2 Å². The van der Waals surface area contributed by atoms with Crippen LogP contribution >= 0.6 is 0 Å². The number of nitrogens with two attached hydrogens (primary N) is 1. The van der Waals surface area contributed by atoms with Crippen molar-refractivity contribution in [1.82, 2.24) is 0 Å². The fourth-order valence-electron chi connectivity index (χ4n) is 1.12. The van der Waals surface area contributed by atoms with Gasteiger partial charge in [0.2, 0.25) is 0 Å². The summed E-state index contributed by atoms with van der Waals surface area (Å²) in [4.78, 5) is 0. The van der Waals surface area contributed by atoms with Crippen LogP contribution in [0.25, 0.3) is 0 Å². The normalized spacial score (nSPS) is 49.2. The smallest absolute Gasteiger partial charge is 0.173 e. The number of ether oxygens (including phenoxy) is 1. The Morgan fingerprint density at radius 2 is 1.75 bits per heavy atom. The number of hydrogen-bond donors (Lipinski definition) is 5. The van der Waals surface area contributed by atoms with Gasteiger partial charge >= 0.3 is 0 Å². The molecule has 0 aliphatic carbocycles. The second kappa shape index (κ2) is 3.65. The van der Waals surface area contributed by atoms with Crippen LogP contribution in [0.5, 0.6) is 0 Å². The topological polar surface area (TPSA) is 116 Å². The molecule has 0 spiro atoms. The molecule has 6 nitrogen and oxygen atoms in total. The molecule has 0 aromatic carbocycles. The van der Waals surface area contributed by atoms with Crippen molar-refractivity contribution in [2.75, 3.05) is 6.61 Å². The molecule has 6 N–H and O–H groups in total. The largest absolute Gasteiger partial charge is 0.394 e. The molecule has 0 aromatic heterocycles. The van der Waals surface area contributed by atoms with Gasteiger partial charge < -0.3 is 30.9 Å². The van der Waals surface area contributed by atoms with E-state index in [2.05, 4.69) is 0 Å². The molecule has 1 rings (SSSR count). The Hall–Kier alpha value is -0.240. The van der Waals surface area contributed by atoms with Crippen molar-refractivity contribution < 1.29 is 25.2 Å². The average Bonchev–Trinajstić information content (AvgIpc) is 2.08. The zero-order chi connectivity index (χ0) is 9.30. The molecule has 1 unspecified atom stereocenters. The van der Waals surface area contributed by atoms with Crippen molar-refractivity contribution >= 4 is 0 Å². The van der Waals surface area contributed by atoms with E-state index in [1.165, 1.54) is 0 Å². The molecule has 1 heterocycles. The van der Waals surface area contributed by atoms with Gasteiger partial charge in [-0.15, -0.1) is 0 Å². The minimum atomic E-state index is -1.35. The summed E-state index contributed by atoms with van der Waals surface area (Å²) in [6.45, 7) is -0.470. The lowest BCUT2D eigenvalue weighted by Gasteiger charge is -2.38. The van der Waals surface area contributed by atoms with Gasteiger partial charge in [-0.25, -0.2) is 0 Å². The van der Waals surface area contributed by atoms with Gasteiger partial charge in [0.15, 0.2) is 6.29 Å². The summed E-state index contributed by atoms with van der Waals surface area (Å²) in [5, 5.41) is 36.1. The quantitative estimate of drug-likeness (QED) is 0.271. The van der Waals surface area contributed by atoms with Crippen LogP contribution in [0.2, 0.25) is 0 Å². The van der Waals surface area contributed by atoms with Crippen LogP contribution in [0.4, 0.5) is 0 Å². The maximum Gasteiger partial charge on any atom is 0.173 e. The summed E-state index contributed by atoms with van der Waals surface area (Å²) in [5.74, 6) is 0. The van der Waals surface area contributed by atoms with E-state index >= 15 is 0 Å². The summed E-state index contributed by atoms with van der Waals surface area (Å²) in [5.41, 5.74) is 5.26. The Balaban J connectivity index is 2.63. The number of aliphatic hydroxyl groups is 4. The van der Waals surface area contributed by atoms with Gasteiger partial charge in [0.05, 0.1) is 12.6 Å². The molecule has 0 radical (unpaired) electrons. The molecule has 1 aliphatic heterocycles. The monoisotopic (exact) mass is 181 g/mol. The predicted molar refractivity (Wildman–Crippen MR) is 38.0 cm³/mol. The van der Waals surface area contributed by atoms with E-state index in [0.29, 0.717) is 0 Å². The summed E-state index contributed by atoms with van der Waals surface area (Å²) in [6, 6.07) is -1.04. The van der Waals surface area contributed by atoms with Gasteiger partial charge in [0, 0.05) is 0 Å². The lowest BCUT2D eigenvalue weighted by atomic mass is 10.1. The first kappa shape index (κ1) is 9.85. The van der Waals surface area contributed by atoms with Crippen molar-refractivity contribution in [2.45, 2.75) is 30.6 Å². The summed E-state index contributed by atoms with van der Waals surface area (Å²) in [6.07, 6.45) is -4.85. The third-order valence-electron chi connectivity index (χ3n) is 1.95. The summed E-state index contributed by atoms with van der Waals surface area (Å²) >= 11 is 0. The Bertz CT molecular complexity index is 150. The Kier molecular flexibility index (Phi) is 2.99. The third kappa shape index (κ3) is 1.58. The molecule has 0 amide bonds. The molecule has 72 valence electrons. The first-order valence-corrected chi connectivity index (χ1v) is 3.64. The van der Waals surface area contributed by atoms with Gasteiger partial charge in [-0.05, 0) is 0 Å². The second-order valence-corrected chi connectivity index (χ2v) is 2.81. The van der Waals surface area contributed by atoms with E-state index in [1.807, 2.05) is 0 Å². The van der Waals surface area contributed by atoms with Gasteiger partial charge in [0.25, 0.3) is 0 Å². The first-order valence-electron chi connectivity index (χ1n) is 3.64. The van der Waals surface area contributed by atoms with Crippen molar-refractivity contribution in [3.8, 4) is 0 Å². The molecular formula is C6H13NO5. The molecule has 1 aliphatic rings. The van der Waals surface area contributed by atoms with Crippen LogP contribution in [-0.4, -0.2) is 57.7 Å². The zero-order valence-corrected chi connectivity index (χ0v) is 6.37. The van der Waals surface area contributed by atoms with E-state index in [4.69, 9.17) is 20.7 Å². The van der Waals surface area contributed by atoms with Crippen LogP contribution < -0.4 is 5.73 Å².